The van der Waals surface area contributed by atoms with Gasteiger partial charge in [0.25, 0.3) is 0 Å². The van der Waals surface area contributed by atoms with Crippen LogP contribution in [0.2, 0.25) is 0 Å². The van der Waals surface area contributed by atoms with Crippen molar-refractivity contribution in [2.75, 3.05) is 0 Å². The fraction of sp³-hybridized carbons (Fsp3) is 0.324. The van der Waals surface area contributed by atoms with Crippen LogP contribution in [0.25, 0.3) is 110 Å². The lowest BCUT2D eigenvalue weighted by atomic mass is 9.83. The molecule has 0 saturated carbocycles. The number of thiophene rings is 2. The van der Waals surface area contributed by atoms with Crippen molar-refractivity contribution in [3.8, 4) is 83.3 Å². The summed E-state index contributed by atoms with van der Waals surface area (Å²) in [5, 5.41) is 18.9. The van der Waals surface area contributed by atoms with Gasteiger partial charge in [-0.05, 0) is 223 Å². The van der Waals surface area contributed by atoms with Gasteiger partial charge in [-0.15, -0.1) is 22.7 Å². The van der Waals surface area contributed by atoms with Crippen molar-refractivity contribution in [1.82, 2.24) is 4.98 Å². The largest absolute Gasteiger partial charge is 0.482 e. The molecule has 117 heavy (non-hydrogen) atoms. The molecule has 9 heterocycles. The van der Waals surface area contributed by atoms with E-state index >= 15 is 0 Å². The summed E-state index contributed by atoms with van der Waals surface area (Å²) < 4.78 is 36.0. The zero-order chi connectivity index (χ0) is 86.6. The summed E-state index contributed by atoms with van der Waals surface area (Å²) in [6.07, 6.45) is 3.44. The molecule has 0 N–H and O–H groups in total. The summed E-state index contributed by atoms with van der Waals surface area (Å²) >= 11 is 3.35. The highest BCUT2D eigenvalue weighted by Gasteiger charge is 2.38. The minimum atomic E-state index is -0.396. The van der Waals surface area contributed by atoms with E-state index in [1.54, 1.807) is 35.1 Å². The van der Waals surface area contributed by atoms with Crippen LogP contribution in [0.1, 0.15) is 236 Å². The van der Waals surface area contributed by atoms with E-state index in [0.29, 0.717) is 0 Å². The van der Waals surface area contributed by atoms with E-state index in [-0.39, 0.29) is 22.4 Å². The van der Waals surface area contributed by atoms with Crippen molar-refractivity contribution in [3.63, 3.8) is 0 Å². The molecule has 0 radical (unpaired) electrons. The molecule has 0 aliphatic carbocycles. The maximum absolute atomic E-state index is 6.60. The van der Waals surface area contributed by atoms with Crippen LogP contribution in [-0.2, 0) is 28.0 Å². The Bertz CT molecular complexity index is 5490. The van der Waals surface area contributed by atoms with Gasteiger partial charge in [-0.3, -0.25) is 0 Å². The maximum Gasteiger partial charge on any atom is 0.222 e. The van der Waals surface area contributed by atoms with Crippen LogP contribution in [-0.4, -0.2) is 4.98 Å². The van der Waals surface area contributed by atoms with E-state index in [1.165, 1.54) is 121 Å². The molecule has 4 aromatic heterocycles. The maximum atomic E-state index is 6.60. The second-order valence-corrected chi connectivity index (χ2v) is 29.7. The van der Waals surface area contributed by atoms with Crippen LogP contribution in [0.15, 0.2) is 264 Å². The van der Waals surface area contributed by atoms with E-state index in [1.807, 2.05) is 169 Å². The first-order chi connectivity index (χ1) is 56.8. The Hall–Kier alpha value is -10.5. The van der Waals surface area contributed by atoms with Crippen molar-refractivity contribution in [3.05, 3.63) is 288 Å². The van der Waals surface area contributed by atoms with Gasteiger partial charge < -0.3 is 28.1 Å². The van der Waals surface area contributed by atoms with E-state index in [9.17, 15) is 0 Å². The number of rotatable bonds is 0. The Balaban J connectivity index is 0.000000221. The number of benzene rings is 11. The van der Waals surface area contributed by atoms with E-state index < -0.39 is 5.60 Å². The molecule has 5 aliphatic heterocycles. The van der Waals surface area contributed by atoms with Crippen LogP contribution in [0.4, 0.5) is 0 Å². The Morgan fingerprint density at radius 2 is 0.624 bits per heavy atom. The third-order valence-corrected chi connectivity index (χ3v) is 21.0. The van der Waals surface area contributed by atoms with Crippen molar-refractivity contribution in [1.29, 1.82) is 0 Å². The van der Waals surface area contributed by atoms with Crippen molar-refractivity contribution < 1.29 is 28.1 Å². The molecule has 7 nitrogen and oxygen atoms in total. The molecule has 9 heteroatoms. The molecule has 618 valence electrons. The molecular formula is C108H133NO6S2. The van der Waals surface area contributed by atoms with Crippen molar-refractivity contribution in [2.24, 2.45) is 0 Å². The van der Waals surface area contributed by atoms with Gasteiger partial charge in [0, 0.05) is 73.5 Å². The van der Waals surface area contributed by atoms with Gasteiger partial charge in [-0.25, -0.2) is 4.98 Å². The van der Waals surface area contributed by atoms with Gasteiger partial charge >= 0.3 is 0 Å². The molecule has 15 aromatic rings. The zero-order valence-electron chi connectivity index (χ0n) is 76.0. The molecule has 5 aliphatic rings. The predicted molar refractivity (Wildman–Crippen MR) is 514 cm³/mol. The third-order valence-electron chi connectivity index (χ3n) is 19.4. The van der Waals surface area contributed by atoms with Crippen LogP contribution in [0, 0.1) is 0 Å². The second kappa shape index (κ2) is 44.2. The SMILES string of the molecule is CC.CC.CC.CC.CC.CC.CC.CC.CC.CC.CC1(C)Oc2cc3cc4ccccc4cc3cc2-c2cc3cc4ccccc4cc3cc21.CC1(C)Oc2ccoc2-c2ccccc21.CC1(C)Oc2ncccc2-c2ccccc21.CC1(C)Oc2sccc2-c2c1ccc1ccccc21.CC1(C)Oc2sccc2-c2ccccc21. The number of nitrogens with zero attached hydrogens (tertiary/aromatic N) is 1. The molecule has 0 bridgehead atoms. The van der Waals surface area contributed by atoms with Crippen LogP contribution in [0.5, 0.6) is 27.5 Å². The number of ether oxygens (including phenoxy) is 5. The average molecular weight is 1610 g/mol. The van der Waals surface area contributed by atoms with Gasteiger partial charge in [0.1, 0.15) is 33.8 Å². The van der Waals surface area contributed by atoms with Gasteiger partial charge in [-0.1, -0.05) is 296 Å². The fourth-order valence-corrected chi connectivity index (χ4v) is 16.4. The first-order valence-corrected chi connectivity index (χ1v) is 44.9. The summed E-state index contributed by atoms with van der Waals surface area (Å²) in [5.41, 5.74) is 15.7. The molecular weight excluding hydrogens is 1470 g/mol. The van der Waals surface area contributed by atoms with Gasteiger partial charge in [0.05, 0.1) is 6.26 Å². The highest BCUT2D eigenvalue weighted by atomic mass is 32.1. The van der Waals surface area contributed by atoms with Crippen molar-refractivity contribution >= 4 is 76.5 Å². The first kappa shape index (κ1) is 95.4. The second-order valence-electron chi connectivity index (χ2n) is 28.0. The fourth-order valence-electron chi connectivity index (χ4n) is 14.6. The van der Waals surface area contributed by atoms with Crippen LogP contribution < -0.4 is 23.7 Å². The summed E-state index contributed by atoms with van der Waals surface area (Å²) in [6.45, 7) is 61.2. The molecule has 0 spiro atoms. The highest BCUT2D eigenvalue weighted by Crippen LogP contribution is 2.53. The Labute approximate surface area is 711 Å². The lowest BCUT2D eigenvalue weighted by Crippen LogP contribution is -2.29. The number of aromatic nitrogens is 1. The molecule has 20 rings (SSSR count). The normalized spacial score (nSPS) is 13.4. The van der Waals surface area contributed by atoms with Gasteiger partial charge in [-0.2, -0.15) is 0 Å². The average Bonchev–Trinajstić information content (AvgIpc) is 0.896. The number of furan rings is 1. The van der Waals surface area contributed by atoms with E-state index in [2.05, 4.69) is 291 Å². The molecule has 0 atom stereocenters. The molecule has 0 unspecified atom stereocenters. The Morgan fingerprint density at radius 3 is 1.15 bits per heavy atom. The minimum absolute atomic E-state index is 0.214. The zero-order valence-corrected chi connectivity index (χ0v) is 77.7. The first-order valence-electron chi connectivity index (χ1n) is 43.2. The number of hydrogen-bond acceptors (Lipinski definition) is 9. The molecule has 0 fully saturated rings. The standard InChI is InChI=1S/C31H22O.C17H14OS.C14H13NO.C13H12O2.C13H12OS.10C2H6/c1-31(2)29-17-25-13-21-9-5-3-7-19(21)11-23(25)15-27(29)28-16-24-12-20-8-4-6-10-22(20)14-26(24)18-30(28)32-31;1-17(2)14-8-7-11-5-3-4-6-12(11)15(14)13-9-10-19-16(13)18-17;1-14(2)12-8-4-3-6-10(12)11-7-5-9-15-13(11)16-14;1-13(2)10-6-4-3-5-9(10)12-11(15-13)7-8-14-12;1-13(2)11-6-4-3-5-9(11)10-7-8-15-12(10)14-13;10*1-2/h3-18H,1-2H3;3-10H,1-2H3;3-9H,1-2H3;2*3-8H,1-2H3;10*1-2H3. The van der Waals surface area contributed by atoms with E-state index in [4.69, 9.17) is 28.1 Å². The summed E-state index contributed by atoms with van der Waals surface area (Å²) in [5.74, 6) is 3.36. The van der Waals surface area contributed by atoms with E-state index in [0.717, 1.165) is 44.4 Å². The van der Waals surface area contributed by atoms with Crippen LogP contribution in [0.3, 0.4) is 0 Å². The molecule has 11 aromatic carbocycles. The van der Waals surface area contributed by atoms with Crippen molar-refractivity contribution in [2.45, 2.75) is 236 Å². The topological polar surface area (TPSA) is 72.2 Å². The highest BCUT2D eigenvalue weighted by molar-refractivity contribution is 7.12. The third kappa shape index (κ3) is 20.9. The van der Waals surface area contributed by atoms with Gasteiger partial charge in [0.2, 0.25) is 5.88 Å². The Kier molecular flexibility index (Phi) is 36.0. The van der Waals surface area contributed by atoms with Crippen LogP contribution >= 0.6 is 22.7 Å². The monoisotopic (exact) mass is 1600 g/mol. The quantitative estimate of drug-likeness (QED) is 0.140. The van der Waals surface area contributed by atoms with Gasteiger partial charge in [0.15, 0.2) is 21.6 Å². The molecule has 0 amide bonds. The predicted octanol–water partition coefficient (Wildman–Crippen LogP) is 35.0. The number of pyridine rings is 1. The molecule has 0 saturated heterocycles. The summed E-state index contributed by atoms with van der Waals surface area (Å²) in [6, 6.07) is 83.6. The smallest absolute Gasteiger partial charge is 0.222 e. The summed E-state index contributed by atoms with van der Waals surface area (Å²) in [4.78, 5) is 4.29. The lowest BCUT2D eigenvalue weighted by molar-refractivity contribution is 0.0990. The number of fused-ring (bicyclic) bond motifs is 21. The Morgan fingerprint density at radius 1 is 0.248 bits per heavy atom. The summed E-state index contributed by atoms with van der Waals surface area (Å²) in [7, 11) is 0. The minimum Gasteiger partial charge on any atom is -0.482 e. The lowest BCUT2D eigenvalue weighted by Gasteiger charge is -2.35. The number of hydrogen-bond donors (Lipinski definition) is 0.